The number of ketones is 1. The Hall–Kier alpha value is -1.86. The number of methoxy groups -OCH3 is 1. The largest absolute Gasteiger partial charge is 0.490 e. The van der Waals surface area contributed by atoms with Crippen LogP contribution >= 0.6 is 0 Å². The number of nitrogens with zero attached hydrogens (tertiary/aromatic N) is 1. The summed E-state index contributed by atoms with van der Waals surface area (Å²) in [7, 11) is 1.57. The third-order valence-corrected chi connectivity index (χ3v) is 2.04. The molecule has 0 N–H and O–H groups in total. The summed E-state index contributed by atoms with van der Waals surface area (Å²) < 4.78 is 10.2. The summed E-state index contributed by atoms with van der Waals surface area (Å²) in [5.41, 5.74) is 0.951. The van der Waals surface area contributed by atoms with Gasteiger partial charge in [-0.1, -0.05) is 0 Å². The number of carbonyl (C=O) groups excluding carboxylic acids is 1. The van der Waals surface area contributed by atoms with Crippen LogP contribution in [0.15, 0.2) is 18.2 Å². The molecule has 0 amide bonds. The van der Waals surface area contributed by atoms with Crippen LogP contribution in [0.4, 0.5) is 0 Å². The first-order valence-corrected chi connectivity index (χ1v) is 4.86. The van der Waals surface area contributed by atoms with Crippen molar-refractivity contribution in [2.45, 2.75) is 6.92 Å². The third-order valence-electron chi connectivity index (χ3n) is 2.04. The van der Waals surface area contributed by atoms with Gasteiger partial charge in [0.1, 0.15) is 12.4 Å². The molecule has 0 aromatic heterocycles. The molecule has 0 heterocycles. The van der Waals surface area contributed by atoms with E-state index in [1.807, 2.05) is 6.07 Å². The van der Waals surface area contributed by atoms with E-state index in [4.69, 9.17) is 14.7 Å². The molecule has 1 aromatic carbocycles. The quantitative estimate of drug-likeness (QED) is 0.559. The SMILES string of the molecule is COCCOc1cc(C#N)ccc1C(C)=O. The maximum absolute atomic E-state index is 11.3. The molecule has 1 rings (SSSR count). The summed E-state index contributed by atoms with van der Waals surface area (Å²) in [5, 5.41) is 8.75. The number of nitriles is 1. The van der Waals surface area contributed by atoms with Crippen molar-refractivity contribution in [3.63, 3.8) is 0 Å². The third kappa shape index (κ3) is 3.07. The van der Waals surface area contributed by atoms with Crippen molar-refractivity contribution in [2.24, 2.45) is 0 Å². The maximum Gasteiger partial charge on any atom is 0.163 e. The predicted molar refractivity (Wildman–Crippen MR) is 58.5 cm³/mol. The fourth-order valence-corrected chi connectivity index (χ4v) is 1.24. The monoisotopic (exact) mass is 219 g/mol. The molecule has 0 saturated carbocycles. The highest BCUT2D eigenvalue weighted by molar-refractivity contribution is 5.97. The Morgan fingerprint density at radius 1 is 1.44 bits per heavy atom. The van der Waals surface area contributed by atoms with Crippen LogP contribution in [0.5, 0.6) is 5.75 Å². The Morgan fingerprint density at radius 2 is 2.19 bits per heavy atom. The maximum atomic E-state index is 11.3. The Bertz CT molecular complexity index is 421. The summed E-state index contributed by atoms with van der Waals surface area (Å²) in [6, 6.07) is 6.76. The number of rotatable bonds is 5. The number of hydrogen-bond acceptors (Lipinski definition) is 4. The van der Waals surface area contributed by atoms with Gasteiger partial charge in [0.15, 0.2) is 5.78 Å². The Kier molecular flexibility index (Phi) is 4.49. The van der Waals surface area contributed by atoms with Crippen LogP contribution < -0.4 is 4.74 Å². The van der Waals surface area contributed by atoms with Crippen molar-refractivity contribution in [1.82, 2.24) is 0 Å². The van der Waals surface area contributed by atoms with Gasteiger partial charge in [-0.3, -0.25) is 4.79 Å². The van der Waals surface area contributed by atoms with E-state index < -0.39 is 0 Å². The van der Waals surface area contributed by atoms with Gasteiger partial charge in [-0.15, -0.1) is 0 Å². The van der Waals surface area contributed by atoms with Crippen molar-refractivity contribution in [1.29, 1.82) is 5.26 Å². The average Bonchev–Trinajstić information content (AvgIpc) is 2.29. The molecular formula is C12H13NO3. The van der Waals surface area contributed by atoms with Crippen LogP contribution in [-0.2, 0) is 4.74 Å². The number of Topliss-reactive ketones (excluding diaryl/α,β-unsaturated/α-hetero) is 1. The van der Waals surface area contributed by atoms with E-state index in [0.717, 1.165) is 0 Å². The predicted octanol–water partition coefficient (Wildman–Crippen LogP) is 1.79. The van der Waals surface area contributed by atoms with E-state index in [2.05, 4.69) is 0 Å². The summed E-state index contributed by atoms with van der Waals surface area (Å²) in [6.07, 6.45) is 0. The minimum atomic E-state index is -0.0862. The van der Waals surface area contributed by atoms with Crippen LogP contribution in [-0.4, -0.2) is 26.1 Å². The molecule has 4 nitrogen and oxygen atoms in total. The van der Waals surface area contributed by atoms with E-state index in [0.29, 0.717) is 30.1 Å². The van der Waals surface area contributed by atoms with Gasteiger partial charge in [0, 0.05) is 7.11 Å². The molecule has 0 bridgehead atoms. The van der Waals surface area contributed by atoms with Crippen molar-refractivity contribution >= 4 is 5.78 Å². The molecule has 4 heteroatoms. The molecule has 0 fully saturated rings. The van der Waals surface area contributed by atoms with Gasteiger partial charge >= 0.3 is 0 Å². The minimum absolute atomic E-state index is 0.0862. The van der Waals surface area contributed by atoms with Gasteiger partial charge in [0.2, 0.25) is 0 Å². The van der Waals surface area contributed by atoms with Crippen LogP contribution in [0.25, 0.3) is 0 Å². The lowest BCUT2D eigenvalue weighted by Gasteiger charge is -2.09. The van der Waals surface area contributed by atoms with Crippen molar-refractivity contribution in [3.05, 3.63) is 29.3 Å². The number of hydrogen-bond donors (Lipinski definition) is 0. The van der Waals surface area contributed by atoms with Crippen LogP contribution in [0.3, 0.4) is 0 Å². The highest BCUT2D eigenvalue weighted by Gasteiger charge is 2.09. The first-order valence-electron chi connectivity index (χ1n) is 4.86. The second-order valence-corrected chi connectivity index (χ2v) is 3.22. The highest BCUT2D eigenvalue weighted by atomic mass is 16.5. The molecular weight excluding hydrogens is 206 g/mol. The van der Waals surface area contributed by atoms with Gasteiger partial charge in [-0.2, -0.15) is 5.26 Å². The summed E-state index contributed by atoms with van der Waals surface area (Å²) in [6.45, 7) is 2.25. The molecule has 0 radical (unpaired) electrons. The standard InChI is InChI=1S/C12H13NO3/c1-9(14)11-4-3-10(8-13)7-12(11)16-6-5-15-2/h3-4,7H,5-6H2,1-2H3. The fourth-order valence-electron chi connectivity index (χ4n) is 1.24. The van der Waals surface area contributed by atoms with Crippen LogP contribution in [0, 0.1) is 11.3 Å². The molecule has 0 saturated heterocycles. The topological polar surface area (TPSA) is 59.3 Å². The van der Waals surface area contributed by atoms with Gasteiger partial charge in [-0.05, 0) is 25.1 Å². The second-order valence-electron chi connectivity index (χ2n) is 3.22. The zero-order valence-corrected chi connectivity index (χ0v) is 9.32. The molecule has 0 atom stereocenters. The second kappa shape index (κ2) is 5.89. The van der Waals surface area contributed by atoms with Crippen LogP contribution in [0.1, 0.15) is 22.8 Å². The average molecular weight is 219 g/mol. The fraction of sp³-hybridized carbons (Fsp3) is 0.333. The van der Waals surface area contributed by atoms with Gasteiger partial charge < -0.3 is 9.47 Å². The molecule has 0 aliphatic heterocycles. The first kappa shape index (κ1) is 12.2. The van der Waals surface area contributed by atoms with E-state index in [1.54, 1.807) is 25.3 Å². The number of benzene rings is 1. The van der Waals surface area contributed by atoms with Crippen molar-refractivity contribution in [3.8, 4) is 11.8 Å². The van der Waals surface area contributed by atoms with Gasteiger partial charge in [-0.25, -0.2) is 0 Å². The van der Waals surface area contributed by atoms with E-state index in [1.165, 1.54) is 6.92 Å². The van der Waals surface area contributed by atoms with E-state index in [-0.39, 0.29) is 5.78 Å². The highest BCUT2D eigenvalue weighted by Crippen LogP contribution is 2.20. The molecule has 16 heavy (non-hydrogen) atoms. The lowest BCUT2D eigenvalue weighted by molar-refractivity contribution is 0.100. The first-order chi connectivity index (χ1) is 7.69. The van der Waals surface area contributed by atoms with Crippen molar-refractivity contribution < 1.29 is 14.3 Å². The molecule has 1 aromatic rings. The zero-order chi connectivity index (χ0) is 12.0. The van der Waals surface area contributed by atoms with Crippen molar-refractivity contribution in [2.75, 3.05) is 20.3 Å². The smallest absolute Gasteiger partial charge is 0.163 e. The molecule has 0 unspecified atom stereocenters. The van der Waals surface area contributed by atoms with Crippen LogP contribution in [0.2, 0.25) is 0 Å². The number of carbonyl (C=O) groups is 1. The zero-order valence-electron chi connectivity index (χ0n) is 9.32. The normalized spacial score (nSPS) is 9.56. The Morgan fingerprint density at radius 3 is 2.75 bits per heavy atom. The van der Waals surface area contributed by atoms with E-state index in [9.17, 15) is 4.79 Å². The summed E-state index contributed by atoms with van der Waals surface area (Å²) >= 11 is 0. The van der Waals surface area contributed by atoms with E-state index >= 15 is 0 Å². The minimum Gasteiger partial charge on any atom is -0.490 e. The van der Waals surface area contributed by atoms with Gasteiger partial charge in [0.25, 0.3) is 0 Å². The summed E-state index contributed by atoms with van der Waals surface area (Å²) in [4.78, 5) is 11.3. The molecule has 0 spiro atoms. The molecule has 0 aliphatic carbocycles. The van der Waals surface area contributed by atoms with Gasteiger partial charge in [0.05, 0.1) is 23.8 Å². The lowest BCUT2D eigenvalue weighted by Crippen LogP contribution is -2.07. The Labute approximate surface area is 94.4 Å². The molecule has 0 aliphatic rings. The number of ether oxygens (including phenoxy) is 2. The summed E-state index contributed by atoms with van der Waals surface area (Å²) in [5.74, 6) is 0.348. The Balaban J connectivity index is 2.92. The molecule has 84 valence electrons. The lowest BCUT2D eigenvalue weighted by atomic mass is 10.1.